The minimum Gasteiger partial charge on any atom is -0.325 e. The number of amides is 3. The predicted molar refractivity (Wildman–Crippen MR) is 142 cm³/mol. The van der Waals surface area contributed by atoms with Gasteiger partial charge in [-0.2, -0.15) is 0 Å². The molecule has 2 aromatic rings. The van der Waals surface area contributed by atoms with Crippen LogP contribution in [0.3, 0.4) is 0 Å². The van der Waals surface area contributed by atoms with Gasteiger partial charge >= 0.3 is 0 Å². The zero-order valence-corrected chi connectivity index (χ0v) is 20.9. The first-order valence-electron chi connectivity index (χ1n) is 11.5. The van der Waals surface area contributed by atoms with Gasteiger partial charge in [-0.1, -0.05) is 86.1 Å². The maximum Gasteiger partial charge on any atom is 0.267 e. The molecule has 1 fully saturated rings. The van der Waals surface area contributed by atoms with Crippen LogP contribution in [0.15, 0.2) is 53.4 Å². The first kappa shape index (κ1) is 24.2. The minimum absolute atomic E-state index is 0.148. The van der Waals surface area contributed by atoms with Gasteiger partial charge in [-0.05, 0) is 31.5 Å². The quantitative estimate of drug-likeness (QED) is 0.314. The zero-order chi connectivity index (χ0) is 24.2. The number of aryl methyl sites for hydroxylation is 1. The SMILES string of the molecule is CCCCCCN1C(=O)C(=C2C(=O)N(CC(=O)Nc3ccc(C)cc3)c3ccccc32)SC1=S. The first-order valence-corrected chi connectivity index (χ1v) is 12.7. The number of thioether (sulfide) groups is 1. The van der Waals surface area contributed by atoms with Crippen LogP contribution in [0.5, 0.6) is 0 Å². The van der Waals surface area contributed by atoms with E-state index in [1.807, 2.05) is 49.4 Å². The van der Waals surface area contributed by atoms with Crippen LogP contribution in [0, 0.1) is 6.92 Å². The fraction of sp³-hybridized carbons (Fsp3) is 0.308. The lowest BCUT2D eigenvalue weighted by Crippen LogP contribution is -2.35. The first-order chi connectivity index (χ1) is 16.4. The molecule has 0 saturated carbocycles. The normalized spacial score (nSPS) is 17.5. The van der Waals surface area contributed by atoms with Crippen molar-refractivity contribution in [3.8, 4) is 0 Å². The molecule has 1 saturated heterocycles. The summed E-state index contributed by atoms with van der Waals surface area (Å²) in [6, 6.07) is 14.7. The zero-order valence-electron chi connectivity index (χ0n) is 19.3. The number of hydrogen-bond donors (Lipinski definition) is 1. The van der Waals surface area contributed by atoms with Crippen LogP contribution < -0.4 is 10.2 Å². The van der Waals surface area contributed by atoms with E-state index >= 15 is 0 Å². The highest BCUT2D eigenvalue weighted by atomic mass is 32.2. The van der Waals surface area contributed by atoms with Gasteiger partial charge < -0.3 is 5.32 Å². The van der Waals surface area contributed by atoms with Crippen molar-refractivity contribution in [3.63, 3.8) is 0 Å². The molecule has 34 heavy (non-hydrogen) atoms. The number of thiocarbonyl (C=S) groups is 1. The predicted octanol–water partition coefficient (Wildman–Crippen LogP) is 5.13. The molecule has 2 heterocycles. The van der Waals surface area contributed by atoms with E-state index in [2.05, 4.69) is 12.2 Å². The molecule has 0 bridgehead atoms. The molecule has 0 aromatic heterocycles. The number of unbranched alkanes of at least 4 members (excludes halogenated alkanes) is 3. The molecule has 2 aliphatic heterocycles. The Balaban J connectivity index is 1.57. The van der Waals surface area contributed by atoms with Gasteiger partial charge in [-0.3, -0.25) is 24.2 Å². The molecule has 3 amide bonds. The number of hydrogen-bond acceptors (Lipinski definition) is 5. The number of nitrogens with zero attached hydrogens (tertiary/aromatic N) is 2. The van der Waals surface area contributed by atoms with Crippen molar-refractivity contribution >= 4 is 63.0 Å². The molecule has 0 unspecified atom stereocenters. The Morgan fingerprint density at radius 3 is 2.44 bits per heavy atom. The van der Waals surface area contributed by atoms with Gasteiger partial charge in [0, 0.05) is 17.8 Å². The Bertz CT molecular complexity index is 1170. The smallest absolute Gasteiger partial charge is 0.267 e. The summed E-state index contributed by atoms with van der Waals surface area (Å²) in [6.45, 7) is 4.52. The van der Waals surface area contributed by atoms with E-state index in [0.29, 0.717) is 38.3 Å². The van der Waals surface area contributed by atoms with E-state index in [0.717, 1.165) is 31.2 Å². The molecule has 2 aliphatic rings. The summed E-state index contributed by atoms with van der Waals surface area (Å²) >= 11 is 6.65. The number of anilines is 2. The molecule has 0 spiro atoms. The molecule has 0 aliphatic carbocycles. The Hall–Kier alpha value is -2.97. The third kappa shape index (κ3) is 4.93. The molecular formula is C26H27N3O3S2. The Morgan fingerprint density at radius 2 is 1.71 bits per heavy atom. The molecule has 0 radical (unpaired) electrons. The average molecular weight is 494 g/mol. The summed E-state index contributed by atoms with van der Waals surface area (Å²) in [6.07, 6.45) is 4.13. The van der Waals surface area contributed by atoms with Crippen LogP contribution in [-0.4, -0.2) is 40.0 Å². The molecule has 2 aromatic carbocycles. The fourth-order valence-corrected chi connectivity index (χ4v) is 5.46. The van der Waals surface area contributed by atoms with Gasteiger partial charge in [0.2, 0.25) is 5.91 Å². The lowest BCUT2D eigenvalue weighted by Gasteiger charge is -2.17. The summed E-state index contributed by atoms with van der Waals surface area (Å²) in [5.74, 6) is -0.890. The molecule has 1 N–H and O–H groups in total. The Kier molecular flexibility index (Phi) is 7.48. The van der Waals surface area contributed by atoms with Crippen LogP contribution in [-0.2, 0) is 14.4 Å². The van der Waals surface area contributed by atoms with E-state index in [-0.39, 0.29) is 24.3 Å². The molecular weight excluding hydrogens is 466 g/mol. The fourth-order valence-electron chi connectivity index (χ4n) is 4.08. The number of rotatable bonds is 8. The third-order valence-electron chi connectivity index (χ3n) is 5.87. The van der Waals surface area contributed by atoms with Crippen molar-refractivity contribution < 1.29 is 14.4 Å². The summed E-state index contributed by atoms with van der Waals surface area (Å²) in [5.41, 5.74) is 3.36. The molecule has 4 rings (SSSR count). The van der Waals surface area contributed by atoms with Crippen molar-refractivity contribution in [2.24, 2.45) is 0 Å². The van der Waals surface area contributed by atoms with Crippen molar-refractivity contribution in [1.82, 2.24) is 4.90 Å². The van der Waals surface area contributed by atoms with Crippen LogP contribution in [0.2, 0.25) is 0 Å². The highest BCUT2D eigenvalue weighted by Crippen LogP contribution is 2.44. The van der Waals surface area contributed by atoms with Gasteiger partial charge in [-0.15, -0.1) is 0 Å². The molecule has 6 nitrogen and oxygen atoms in total. The van der Waals surface area contributed by atoms with E-state index in [9.17, 15) is 14.4 Å². The van der Waals surface area contributed by atoms with E-state index in [1.165, 1.54) is 16.7 Å². The maximum absolute atomic E-state index is 13.5. The van der Waals surface area contributed by atoms with E-state index < -0.39 is 0 Å². The number of carbonyl (C=O) groups excluding carboxylic acids is 3. The Labute approximate surface area is 209 Å². The Morgan fingerprint density at radius 1 is 0.971 bits per heavy atom. The van der Waals surface area contributed by atoms with E-state index in [1.54, 1.807) is 11.0 Å². The van der Waals surface area contributed by atoms with Gasteiger partial charge in [0.05, 0.1) is 16.2 Å². The molecule has 0 atom stereocenters. The second kappa shape index (κ2) is 10.5. The lowest BCUT2D eigenvalue weighted by molar-refractivity contribution is -0.122. The topological polar surface area (TPSA) is 69.7 Å². The summed E-state index contributed by atoms with van der Waals surface area (Å²) < 4.78 is 0.477. The van der Waals surface area contributed by atoms with Gasteiger partial charge in [-0.25, -0.2) is 0 Å². The van der Waals surface area contributed by atoms with Gasteiger partial charge in [0.1, 0.15) is 10.9 Å². The third-order valence-corrected chi connectivity index (χ3v) is 7.32. The van der Waals surface area contributed by atoms with Crippen molar-refractivity contribution in [2.75, 3.05) is 23.3 Å². The molecule has 8 heteroatoms. The number of benzene rings is 2. The highest BCUT2D eigenvalue weighted by Gasteiger charge is 2.42. The monoisotopic (exact) mass is 493 g/mol. The summed E-state index contributed by atoms with van der Waals surface area (Å²) in [5, 5.41) is 2.84. The number of para-hydroxylation sites is 1. The molecule has 176 valence electrons. The standard InChI is InChI=1S/C26H27N3O3S2/c1-3-4-5-8-15-28-25(32)23(34-26(28)33)22-19-9-6-7-10-20(19)29(24(22)31)16-21(30)27-18-13-11-17(2)12-14-18/h6-7,9-14H,3-5,8,15-16H2,1-2H3,(H,27,30). The van der Waals surface area contributed by atoms with Crippen molar-refractivity contribution in [3.05, 3.63) is 64.6 Å². The van der Waals surface area contributed by atoms with Crippen LogP contribution in [0.1, 0.15) is 43.7 Å². The second-order valence-electron chi connectivity index (χ2n) is 8.41. The average Bonchev–Trinajstić information content (AvgIpc) is 3.25. The van der Waals surface area contributed by atoms with Crippen molar-refractivity contribution in [2.45, 2.75) is 39.5 Å². The number of fused-ring (bicyclic) bond motifs is 1. The van der Waals surface area contributed by atoms with Crippen LogP contribution in [0.25, 0.3) is 5.57 Å². The maximum atomic E-state index is 13.5. The summed E-state index contributed by atoms with van der Waals surface area (Å²) in [4.78, 5) is 42.9. The number of nitrogens with one attached hydrogen (secondary N) is 1. The van der Waals surface area contributed by atoms with Gasteiger partial charge in [0.15, 0.2) is 0 Å². The minimum atomic E-state index is -0.355. The second-order valence-corrected chi connectivity index (χ2v) is 10.1. The highest BCUT2D eigenvalue weighted by molar-refractivity contribution is 8.26. The number of carbonyl (C=O) groups is 3. The van der Waals surface area contributed by atoms with Crippen molar-refractivity contribution in [1.29, 1.82) is 0 Å². The van der Waals surface area contributed by atoms with Gasteiger partial charge in [0.25, 0.3) is 11.8 Å². The largest absolute Gasteiger partial charge is 0.325 e. The lowest BCUT2D eigenvalue weighted by atomic mass is 10.1. The summed E-state index contributed by atoms with van der Waals surface area (Å²) in [7, 11) is 0. The van der Waals surface area contributed by atoms with Crippen LogP contribution >= 0.6 is 24.0 Å². The van der Waals surface area contributed by atoms with Crippen LogP contribution in [0.4, 0.5) is 11.4 Å². The van der Waals surface area contributed by atoms with E-state index in [4.69, 9.17) is 12.2 Å².